The van der Waals surface area contributed by atoms with Crippen LogP contribution in [0, 0.1) is 10.1 Å². The molecule has 118 valence electrons. The fourth-order valence-corrected chi connectivity index (χ4v) is 2.89. The molecule has 0 unspecified atom stereocenters. The monoisotopic (exact) mass is 317 g/mol. The minimum Gasteiger partial charge on any atom is -0.392 e. The van der Waals surface area contributed by atoms with E-state index in [1.54, 1.807) is 13.8 Å². The first kappa shape index (κ1) is 17.3. The van der Waals surface area contributed by atoms with Gasteiger partial charge in [0, 0.05) is 18.7 Å². The molecule has 1 atom stereocenters. The number of hydrogen-bond donors (Lipinski definition) is 3. The first-order valence-electron chi connectivity index (χ1n) is 6.36. The summed E-state index contributed by atoms with van der Waals surface area (Å²) in [6.45, 7) is 4.97. The zero-order valence-corrected chi connectivity index (χ0v) is 12.8. The summed E-state index contributed by atoms with van der Waals surface area (Å²) in [5, 5.41) is 23.0. The standard InChI is InChI=1S/C12H19N3O5S/c1-8(2)14-21(19,20)10-4-5-11(13-7-9(3)16)12(6-10)15(17)18/h4-6,8-9,13-14,16H,7H2,1-3H3/t9-/m0/s1. The van der Waals surface area contributed by atoms with Crippen molar-refractivity contribution in [2.24, 2.45) is 0 Å². The number of aliphatic hydroxyl groups is 1. The molecule has 0 aromatic heterocycles. The SMILES string of the molecule is CC(C)NS(=O)(=O)c1ccc(NC[C@H](C)O)c([N+](=O)[O-])c1. The fourth-order valence-electron chi connectivity index (χ4n) is 1.62. The van der Waals surface area contributed by atoms with Gasteiger partial charge in [0.1, 0.15) is 5.69 Å². The van der Waals surface area contributed by atoms with Gasteiger partial charge in [-0.15, -0.1) is 0 Å². The number of benzene rings is 1. The van der Waals surface area contributed by atoms with E-state index in [0.717, 1.165) is 6.07 Å². The Morgan fingerprint density at radius 3 is 2.43 bits per heavy atom. The van der Waals surface area contributed by atoms with E-state index in [1.165, 1.54) is 19.1 Å². The fraction of sp³-hybridized carbons (Fsp3) is 0.500. The Balaban J connectivity index is 3.17. The summed E-state index contributed by atoms with van der Waals surface area (Å²) in [6, 6.07) is 3.27. The van der Waals surface area contributed by atoms with Crippen LogP contribution in [0.25, 0.3) is 0 Å². The minimum atomic E-state index is -3.80. The van der Waals surface area contributed by atoms with Crippen molar-refractivity contribution in [1.29, 1.82) is 0 Å². The van der Waals surface area contributed by atoms with E-state index in [1.807, 2.05) is 0 Å². The second kappa shape index (κ2) is 6.83. The molecule has 0 aliphatic heterocycles. The summed E-state index contributed by atoms with van der Waals surface area (Å²) in [5.41, 5.74) is -0.202. The molecule has 9 heteroatoms. The quantitative estimate of drug-likeness (QED) is 0.511. The number of nitro benzene ring substituents is 1. The highest BCUT2D eigenvalue weighted by molar-refractivity contribution is 7.89. The molecule has 1 aromatic carbocycles. The predicted octanol–water partition coefficient (Wildman–Crippen LogP) is 1.07. The van der Waals surface area contributed by atoms with Crippen molar-refractivity contribution in [2.75, 3.05) is 11.9 Å². The van der Waals surface area contributed by atoms with E-state index < -0.39 is 21.1 Å². The second-order valence-electron chi connectivity index (χ2n) is 4.94. The number of nitro groups is 1. The third-order valence-electron chi connectivity index (χ3n) is 2.45. The number of nitrogens with one attached hydrogen (secondary N) is 2. The molecule has 1 rings (SSSR count). The van der Waals surface area contributed by atoms with Crippen molar-refractivity contribution in [1.82, 2.24) is 4.72 Å². The van der Waals surface area contributed by atoms with Crippen LogP contribution in [0.5, 0.6) is 0 Å². The first-order chi connectivity index (χ1) is 9.63. The van der Waals surface area contributed by atoms with Crippen LogP contribution in [-0.4, -0.2) is 37.1 Å². The average molecular weight is 317 g/mol. The smallest absolute Gasteiger partial charge is 0.293 e. The molecule has 0 spiro atoms. The van der Waals surface area contributed by atoms with Gasteiger partial charge in [-0.1, -0.05) is 0 Å². The molecule has 0 saturated heterocycles. The van der Waals surface area contributed by atoms with Crippen molar-refractivity contribution in [3.05, 3.63) is 28.3 Å². The summed E-state index contributed by atoms with van der Waals surface area (Å²) in [4.78, 5) is 10.2. The Kier molecular flexibility index (Phi) is 5.64. The molecular formula is C12H19N3O5S. The van der Waals surface area contributed by atoms with Crippen molar-refractivity contribution in [3.8, 4) is 0 Å². The molecule has 8 nitrogen and oxygen atoms in total. The molecule has 0 bridgehead atoms. The Morgan fingerprint density at radius 1 is 1.33 bits per heavy atom. The highest BCUT2D eigenvalue weighted by Gasteiger charge is 2.22. The second-order valence-corrected chi connectivity index (χ2v) is 6.66. The Labute approximate surface area is 123 Å². The number of aliphatic hydroxyl groups excluding tert-OH is 1. The van der Waals surface area contributed by atoms with Gasteiger partial charge in [-0.3, -0.25) is 10.1 Å². The molecule has 0 aliphatic rings. The third kappa shape index (κ3) is 4.96. The third-order valence-corrected chi connectivity index (χ3v) is 4.11. The number of sulfonamides is 1. The van der Waals surface area contributed by atoms with Gasteiger partial charge in [-0.05, 0) is 32.9 Å². The number of nitrogens with zero attached hydrogens (tertiary/aromatic N) is 1. The maximum Gasteiger partial charge on any atom is 0.293 e. The minimum absolute atomic E-state index is 0.122. The molecule has 0 amide bonds. The predicted molar refractivity (Wildman–Crippen MR) is 78.7 cm³/mol. The van der Waals surface area contributed by atoms with Crippen LogP contribution >= 0.6 is 0 Å². The van der Waals surface area contributed by atoms with Crippen LogP contribution in [0.3, 0.4) is 0 Å². The largest absolute Gasteiger partial charge is 0.392 e. The molecular weight excluding hydrogens is 298 g/mol. The van der Waals surface area contributed by atoms with E-state index in [4.69, 9.17) is 0 Å². The molecule has 21 heavy (non-hydrogen) atoms. The molecule has 0 saturated carbocycles. The van der Waals surface area contributed by atoms with Crippen LogP contribution in [0.1, 0.15) is 20.8 Å². The van der Waals surface area contributed by atoms with E-state index in [9.17, 15) is 23.6 Å². The maximum absolute atomic E-state index is 12.0. The average Bonchev–Trinajstić information content (AvgIpc) is 2.34. The molecule has 0 heterocycles. The van der Waals surface area contributed by atoms with Crippen LogP contribution in [0.15, 0.2) is 23.1 Å². The molecule has 1 aromatic rings. The zero-order valence-electron chi connectivity index (χ0n) is 12.0. The van der Waals surface area contributed by atoms with E-state index in [-0.39, 0.29) is 28.9 Å². The summed E-state index contributed by atoms with van der Waals surface area (Å²) >= 11 is 0. The number of rotatable bonds is 7. The lowest BCUT2D eigenvalue weighted by Crippen LogP contribution is -2.30. The highest BCUT2D eigenvalue weighted by atomic mass is 32.2. The van der Waals surface area contributed by atoms with Gasteiger partial charge in [0.15, 0.2) is 0 Å². The van der Waals surface area contributed by atoms with E-state index in [0.29, 0.717) is 0 Å². The molecule has 0 radical (unpaired) electrons. The summed E-state index contributed by atoms with van der Waals surface area (Å²) in [7, 11) is -3.80. The number of hydrogen-bond acceptors (Lipinski definition) is 6. The zero-order chi connectivity index (χ0) is 16.2. The molecule has 0 fully saturated rings. The highest BCUT2D eigenvalue weighted by Crippen LogP contribution is 2.27. The van der Waals surface area contributed by atoms with Crippen molar-refractivity contribution >= 4 is 21.4 Å². The summed E-state index contributed by atoms with van der Waals surface area (Å²) < 4.78 is 26.4. The van der Waals surface area contributed by atoms with Gasteiger partial charge < -0.3 is 10.4 Å². The Bertz CT molecular complexity index is 613. The maximum atomic E-state index is 12.0. The van der Waals surface area contributed by atoms with Crippen LogP contribution in [0.2, 0.25) is 0 Å². The van der Waals surface area contributed by atoms with Gasteiger partial charge in [0.2, 0.25) is 10.0 Å². The van der Waals surface area contributed by atoms with Crippen LogP contribution < -0.4 is 10.0 Å². The van der Waals surface area contributed by atoms with Gasteiger partial charge in [0.25, 0.3) is 5.69 Å². The summed E-state index contributed by atoms with van der Waals surface area (Å²) in [5.74, 6) is 0. The van der Waals surface area contributed by atoms with Gasteiger partial charge >= 0.3 is 0 Å². The van der Waals surface area contributed by atoms with Crippen LogP contribution in [-0.2, 0) is 10.0 Å². The van der Waals surface area contributed by atoms with Gasteiger partial charge in [0.05, 0.1) is 15.9 Å². The van der Waals surface area contributed by atoms with Crippen molar-refractivity contribution in [2.45, 2.75) is 37.8 Å². The lowest BCUT2D eigenvalue weighted by molar-refractivity contribution is -0.384. The van der Waals surface area contributed by atoms with E-state index in [2.05, 4.69) is 10.0 Å². The first-order valence-corrected chi connectivity index (χ1v) is 7.84. The van der Waals surface area contributed by atoms with Crippen molar-refractivity contribution < 1.29 is 18.4 Å². The lowest BCUT2D eigenvalue weighted by atomic mass is 10.2. The Hall–Kier alpha value is -1.71. The topological polar surface area (TPSA) is 122 Å². The van der Waals surface area contributed by atoms with Crippen LogP contribution in [0.4, 0.5) is 11.4 Å². The van der Waals surface area contributed by atoms with E-state index >= 15 is 0 Å². The normalized spacial score (nSPS) is 13.2. The lowest BCUT2D eigenvalue weighted by Gasteiger charge is -2.12. The van der Waals surface area contributed by atoms with Gasteiger partial charge in [-0.25, -0.2) is 13.1 Å². The number of anilines is 1. The summed E-state index contributed by atoms with van der Waals surface area (Å²) in [6.07, 6.45) is -0.685. The Morgan fingerprint density at radius 2 is 1.95 bits per heavy atom. The van der Waals surface area contributed by atoms with Crippen molar-refractivity contribution in [3.63, 3.8) is 0 Å². The van der Waals surface area contributed by atoms with Gasteiger partial charge in [-0.2, -0.15) is 0 Å². The molecule has 3 N–H and O–H groups in total. The molecule has 0 aliphatic carbocycles.